The Morgan fingerprint density at radius 2 is 2.20 bits per heavy atom. The van der Waals surface area contributed by atoms with Gasteiger partial charge in [0.05, 0.1) is 17.8 Å². The zero-order chi connectivity index (χ0) is 14.4. The molecule has 0 radical (unpaired) electrons. The Bertz CT molecular complexity index is 635. The molecule has 0 fully saturated rings. The van der Waals surface area contributed by atoms with E-state index in [1.807, 2.05) is 24.3 Å². The lowest BCUT2D eigenvalue weighted by Gasteiger charge is -2.01. The van der Waals surface area contributed by atoms with Gasteiger partial charge in [0, 0.05) is 25.1 Å². The van der Waals surface area contributed by atoms with Gasteiger partial charge in [-0.1, -0.05) is 17.7 Å². The molecule has 0 atom stereocenters. The lowest BCUT2D eigenvalue weighted by molar-refractivity contribution is -0.116. The highest BCUT2D eigenvalue weighted by Gasteiger charge is 1.98. The van der Waals surface area contributed by atoms with Gasteiger partial charge in [-0.2, -0.15) is 0 Å². The van der Waals surface area contributed by atoms with Crippen LogP contribution in [-0.2, 0) is 9.53 Å². The summed E-state index contributed by atoms with van der Waals surface area (Å²) in [4.78, 5) is 16.0. The minimum atomic E-state index is -0.146. The number of ether oxygens (including phenoxy) is 1. The molecule has 0 aliphatic heterocycles. The summed E-state index contributed by atoms with van der Waals surface area (Å²) in [5.74, 6) is -0.146. The maximum atomic E-state index is 11.5. The highest BCUT2D eigenvalue weighted by atomic mass is 16.5. The third-order valence-corrected chi connectivity index (χ3v) is 2.88. The van der Waals surface area contributed by atoms with Crippen molar-refractivity contribution in [3.8, 4) is 0 Å². The maximum Gasteiger partial charge on any atom is 0.244 e. The van der Waals surface area contributed by atoms with Crippen LogP contribution in [0.15, 0.2) is 36.4 Å². The van der Waals surface area contributed by atoms with Crippen molar-refractivity contribution >= 4 is 22.9 Å². The van der Waals surface area contributed by atoms with E-state index in [1.54, 1.807) is 13.2 Å². The number of pyridine rings is 1. The number of nitrogens with one attached hydrogen (secondary N) is 1. The first-order valence-corrected chi connectivity index (χ1v) is 6.51. The average Bonchev–Trinajstić information content (AvgIpc) is 2.45. The molecular weight excluding hydrogens is 252 g/mol. The van der Waals surface area contributed by atoms with Crippen molar-refractivity contribution < 1.29 is 9.53 Å². The van der Waals surface area contributed by atoms with Crippen molar-refractivity contribution in [1.29, 1.82) is 0 Å². The number of hydrogen-bond donors (Lipinski definition) is 1. The maximum absolute atomic E-state index is 11.5. The molecule has 1 aromatic carbocycles. The Hall–Kier alpha value is -2.20. The first-order chi connectivity index (χ1) is 9.69. The monoisotopic (exact) mass is 270 g/mol. The van der Waals surface area contributed by atoms with Gasteiger partial charge in [0.25, 0.3) is 0 Å². The number of methoxy groups -OCH3 is 1. The number of carbonyl (C=O) groups is 1. The van der Waals surface area contributed by atoms with Crippen LogP contribution in [0.2, 0.25) is 0 Å². The minimum absolute atomic E-state index is 0.146. The number of benzene rings is 1. The minimum Gasteiger partial charge on any atom is -0.383 e. The van der Waals surface area contributed by atoms with E-state index < -0.39 is 0 Å². The molecule has 2 aromatic rings. The van der Waals surface area contributed by atoms with Crippen molar-refractivity contribution in [3.63, 3.8) is 0 Å². The van der Waals surface area contributed by atoms with Gasteiger partial charge >= 0.3 is 0 Å². The number of nitrogens with zero attached hydrogens (tertiary/aromatic N) is 1. The second kappa shape index (κ2) is 6.82. The Balaban J connectivity index is 2.06. The van der Waals surface area contributed by atoms with Gasteiger partial charge in [-0.05, 0) is 31.2 Å². The standard InChI is InChI=1S/C16H18N2O2/c1-12-3-7-15-13(11-12)4-5-14(18-15)6-8-16(19)17-9-10-20-2/h3-8,11H,9-10H2,1-2H3,(H,17,19)/b8-6+. The van der Waals surface area contributed by atoms with E-state index in [1.165, 1.54) is 11.6 Å². The molecule has 2 rings (SSSR count). The van der Waals surface area contributed by atoms with Gasteiger partial charge < -0.3 is 10.1 Å². The molecular formula is C16H18N2O2. The van der Waals surface area contributed by atoms with Crippen LogP contribution in [-0.4, -0.2) is 31.2 Å². The SMILES string of the molecule is COCCNC(=O)/C=C/c1ccc2cc(C)ccc2n1. The van der Waals surface area contributed by atoms with Crippen LogP contribution in [0.1, 0.15) is 11.3 Å². The number of hydrogen-bond acceptors (Lipinski definition) is 3. The molecule has 0 spiro atoms. The molecule has 0 aliphatic rings. The molecule has 20 heavy (non-hydrogen) atoms. The van der Waals surface area contributed by atoms with Gasteiger partial charge in [0.2, 0.25) is 5.91 Å². The van der Waals surface area contributed by atoms with Crippen molar-refractivity contribution in [1.82, 2.24) is 10.3 Å². The van der Waals surface area contributed by atoms with E-state index in [0.29, 0.717) is 13.2 Å². The number of carbonyl (C=O) groups excluding carboxylic acids is 1. The Labute approximate surface area is 118 Å². The van der Waals surface area contributed by atoms with Crippen LogP contribution in [0.3, 0.4) is 0 Å². The smallest absolute Gasteiger partial charge is 0.244 e. The van der Waals surface area contributed by atoms with Crippen LogP contribution in [0.4, 0.5) is 0 Å². The number of fused-ring (bicyclic) bond motifs is 1. The van der Waals surface area contributed by atoms with E-state index >= 15 is 0 Å². The third-order valence-electron chi connectivity index (χ3n) is 2.88. The van der Waals surface area contributed by atoms with E-state index in [2.05, 4.69) is 23.3 Å². The predicted octanol–water partition coefficient (Wildman–Crippen LogP) is 2.32. The highest BCUT2D eigenvalue weighted by Crippen LogP contribution is 2.14. The van der Waals surface area contributed by atoms with E-state index in [9.17, 15) is 4.79 Å². The van der Waals surface area contributed by atoms with Gasteiger partial charge in [-0.25, -0.2) is 4.98 Å². The Morgan fingerprint density at radius 3 is 3.00 bits per heavy atom. The van der Waals surface area contributed by atoms with Crippen molar-refractivity contribution in [3.05, 3.63) is 47.7 Å². The Kier molecular flexibility index (Phi) is 4.85. The fraction of sp³-hybridized carbons (Fsp3) is 0.250. The lowest BCUT2D eigenvalue weighted by atomic mass is 10.1. The Morgan fingerprint density at radius 1 is 1.35 bits per heavy atom. The van der Waals surface area contributed by atoms with Gasteiger partial charge in [0.15, 0.2) is 0 Å². The largest absolute Gasteiger partial charge is 0.383 e. The summed E-state index contributed by atoms with van der Waals surface area (Å²) >= 11 is 0. The summed E-state index contributed by atoms with van der Waals surface area (Å²) in [7, 11) is 1.60. The van der Waals surface area contributed by atoms with Gasteiger partial charge in [0.1, 0.15) is 0 Å². The van der Waals surface area contributed by atoms with Crippen LogP contribution in [0.25, 0.3) is 17.0 Å². The fourth-order valence-corrected chi connectivity index (χ4v) is 1.85. The molecule has 1 amide bonds. The number of rotatable bonds is 5. The summed E-state index contributed by atoms with van der Waals surface area (Å²) in [5.41, 5.74) is 2.90. The van der Waals surface area contributed by atoms with Crippen LogP contribution >= 0.6 is 0 Å². The van der Waals surface area contributed by atoms with Crippen molar-refractivity contribution in [2.75, 3.05) is 20.3 Å². The van der Waals surface area contributed by atoms with Crippen LogP contribution in [0, 0.1) is 6.92 Å². The zero-order valence-electron chi connectivity index (χ0n) is 11.7. The average molecular weight is 270 g/mol. The normalized spacial score (nSPS) is 11.1. The molecule has 0 saturated carbocycles. The van der Waals surface area contributed by atoms with E-state index in [4.69, 9.17) is 4.74 Å². The summed E-state index contributed by atoms with van der Waals surface area (Å²) in [6.45, 7) is 3.06. The molecule has 4 nitrogen and oxygen atoms in total. The van der Waals surface area contributed by atoms with Crippen molar-refractivity contribution in [2.24, 2.45) is 0 Å². The third kappa shape index (κ3) is 3.90. The van der Waals surface area contributed by atoms with E-state index in [0.717, 1.165) is 16.6 Å². The predicted molar refractivity (Wildman–Crippen MR) is 80.4 cm³/mol. The van der Waals surface area contributed by atoms with E-state index in [-0.39, 0.29) is 5.91 Å². The molecule has 1 N–H and O–H groups in total. The zero-order valence-corrected chi connectivity index (χ0v) is 11.7. The van der Waals surface area contributed by atoms with Gasteiger partial charge in [-0.15, -0.1) is 0 Å². The number of amides is 1. The van der Waals surface area contributed by atoms with Gasteiger partial charge in [-0.3, -0.25) is 4.79 Å². The second-order valence-electron chi connectivity index (χ2n) is 4.55. The summed E-state index contributed by atoms with van der Waals surface area (Å²) < 4.78 is 4.86. The van der Waals surface area contributed by atoms with Crippen LogP contribution < -0.4 is 5.32 Å². The molecule has 1 aromatic heterocycles. The fourth-order valence-electron chi connectivity index (χ4n) is 1.85. The molecule has 0 saturated heterocycles. The summed E-state index contributed by atoms with van der Waals surface area (Å²) in [6.07, 6.45) is 3.19. The lowest BCUT2D eigenvalue weighted by Crippen LogP contribution is -2.24. The second-order valence-corrected chi connectivity index (χ2v) is 4.55. The molecule has 1 heterocycles. The molecule has 0 unspecified atom stereocenters. The molecule has 104 valence electrons. The molecule has 4 heteroatoms. The number of aromatic nitrogens is 1. The summed E-state index contributed by atoms with van der Waals surface area (Å²) in [6, 6.07) is 10.0. The molecule has 0 bridgehead atoms. The van der Waals surface area contributed by atoms with Crippen molar-refractivity contribution in [2.45, 2.75) is 6.92 Å². The van der Waals surface area contributed by atoms with Crippen LogP contribution in [0.5, 0.6) is 0 Å². The highest BCUT2D eigenvalue weighted by molar-refractivity contribution is 5.91. The summed E-state index contributed by atoms with van der Waals surface area (Å²) in [5, 5.41) is 3.82. The first-order valence-electron chi connectivity index (χ1n) is 6.51. The molecule has 0 aliphatic carbocycles. The first kappa shape index (κ1) is 14.2. The quantitative estimate of drug-likeness (QED) is 0.670. The number of aryl methyl sites for hydroxylation is 1. The topological polar surface area (TPSA) is 51.2 Å².